The van der Waals surface area contributed by atoms with Gasteiger partial charge in [-0.05, 0) is 36.8 Å². The maximum Gasteiger partial charge on any atom is 0.231 e. The fourth-order valence-electron chi connectivity index (χ4n) is 1.93. The first-order valence-corrected chi connectivity index (χ1v) is 8.43. The largest absolute Gasteiger partial charge is 0.352 e. The van der Waals surface area contributed by atoms with E-state index in [9.17, 15) is 8.42 Å². The van der Waals surface area contributed by atoms with Gasteiger partial charge in [0, 0.05) is 11.1 Å². The van der Waals surface area contributed by atoms with Crippen molar-refractivity contribution in [2.75, 3.05) is 0 Å². The highest BCUT2D eigenvalue weighted by Crippen LogP contribution is 2.33. The van der Waals surface area contributed by atoms with Gasteiger partial charge in [-0.2, -0.15) is 0 Å². The van der Waals surface area contributed by atoms with Crippen molar-refractivity contribution in [1.29, 1.82) is 0 Å². The van der Waals surface area contributed by atoms with Crippen LogP contribution in [0, 0.1) is 6.92 Å². The van der Waals surface area contributed by atoms with Crippen molar-refractivity contribution < 1.29 is 8.42 Å². The third-order valence-electron chi connectivity index (χ3n) is 3.04. The van der Waals surface area contributed by atoms with Crippen LogP contribution in [0.2, 0.25) is 0 Å². The first-order valence-electron chi connectivity index (χ1n) is 6.13. The van der Waals surface area contributed by atoms with E-state index in [4.69, 9.17) is 0 Å². The molecular weight excluding hydrogens is 290 g/mol. The Morgan fingerprint density at radius 1 is 1.00 bits per heavy atom. The first kappa shape index (κ1) is 13.1. The molecule has 1 aromatic carbocycles. The molecule has 0 atom stereocenters. The number of hydrogen-bond acceptors (Lipinski definition) is 3. The lowest BCUT2D eigenvalue weighted by atomic mass is 10.1. The highest BCUT2D eigenvalue weighted by molar-refractivity contribution is 7.93. The second-order valence-corrected chi connectivity index (χ2v) is 7.75. The molecule has 0 spiro atoms. The number of rotatable bonds is 3. The zero-order valence-electron chi connectivity index (χ0n) is 10.8. The summed E-state index contributed by atoms with van der Waals surface area (Å²) in [4.78, 5) is 3.70. The molecule has 2 aromatic heterocycles. The lowest BCUT2D eigenvalue weighted by Crippen LogP contribution is -1.99. The van der Waals surface area contributed by atoms with E-state index < -0.39 is 9.84 Å². The fraction of sp³-hybridized carbons (Fsp3) is 0.0667. The predicted molar refractivity (Wildman–Crippen MR) is 80.7 cm³/mol. The number of benzene rings is 1. The molecule has 0 amide bonds. The fourth-order valence-corrected chi connectivity index (χ4v) is 4.59. The standard InChI is InChI=1S/C15H13NO2S2/c1-11-4-6-12(7-5-11)13-8-9-15(19-13)20(17,18)14-3-2-10-16-14/h2-10,16H,1H3. The highest BCUT2D eigenvalue weighted by Gasteiger charge is 2.20. The van der Waals surface area contributed by atoms with Gasteiger partial charge in [0.15, 0.2) is 0 Å². The van der Waals surface area contributed by atoms with Gasteiger partial charge in [-0.1, -0.05) is 29.8 Å². The van der Waals surface area contributed by atoms with Crippen molar-refractivity contribution in [1.82, 2.24) is 4.98 Å². The molecule has 3 nitrogen and oxygen atoms in total. The predicted octanol–water partition coefficient (Wildman–Crippen LogP) is 3.88. The topological polar surface area (TPSA) is 49.9 Å². The summed E-state index contributed by atoms with van der Waals surface area (Å²) >= 11 is 1.29. The van der Waals surface area contributed by atoms with Crippen LogP contribution in [0.1, 0.15) is 5.56 Å². The van der Waals surface area contributed by atoms with Crippen LogP contribution in [0.4, 0.5) is 0 Å². The smallest absolute Gasteiger partial charge is 0.231 e. The number of aromatic amines is 1. The van der Waals surface area contributed by atoms with Crippen LogP contribution in [0.15, 0.2) is 64.0 Å². The molecule has 0 aliphatic rings. The van der Waals surface area contributed by atoms with E-state index in [1.807, 2.05) is 37.3 Å². The molecule has 0 saturated carbocycles. The number of aryl methyl sites for hydroxylation is 1. The lowest BCUT2D eigenvalue weighted by molar-refractivity contribution is 0.595. The summed E-state index contributed by atoms with van der Waals surface area (Å²) in [5, 5.41) is 0.231. The summed E-state index contributed by atoms with van der Waals surface area (Å²) in [7, 11) is -3.43. The minimum Gasteiger partial charge on any atom is -0.352 e. The van der Waals surface area contributed by atoms with E-state index in [1.54, 1.807) is 24.4 Å². The van der Waals surface area contributed by atoms with Crippen LogP contribution in [0.25, 0.3) is 10.4 Å². The summed E-state index contributed by atoms with van der Waals surface area (Å²) in [5.41, 5.74) is 2.22. The Kier molecular flexibility index (Phi) is 3.23. The van der Waals surface area contributed by atoms with Crippen molar-refractivity contribution >= 4 is 21.2 Å². The van der Waals surface area contributed by atoms with Gasteiger partial charge in [0.05, 0.1) is 0 Å². The molecule has 20 heavy (non-hydrogen) atoms. The average Bonchev–Trinajstić information content (AvgIpc) is 3.12. The van der Waals surface area contributed by atoms with Crippen LogP contribution < -0.4 is 0 Å². The molecule has 0 radical (unpaired) electrons. The molecule has 0 fully saturated rings. The third-order valence-corrected chi connectivity index (χ3v) is 6.38. The molecular formula is C15H13NO2S2. The molecule has 5 heteroatoms. The van der Waals surface area contributed by atoms with Crippen molar-refractivity contribution in [3.63, 3.8) is 0 Å². The number of nitrogens with one attached hydrogen (secondary N) is 1. The lowest BCUT2D eigenvalue weighted by Gasteiger charge is -1.99. The van der Waals surface area contributed by atoms with E-state index in [0.29, 0.717) is 4.21 Å². The zero-order chi connectivity index (χ0) is 14.2. The van der Waals surface area contributed by atoms with Gasteiger partial charge in [0.2, 0.25) is 9.84 Å². The molecule has 0 bridgehead atoms. The van der Waals surface area contributed by atoms with E-state index >= 15 is 0 Å². The van der Waals surface area contributed by atoms with Gasteiger partial charge in [-0.15, -0.1) is 11.3 Å². The molecule has 0 saturated heterocycles. The Bertz CT molecular complexity index is 813. The van der Waals surface area contributed by atoms with Crippen LogP contribution in [0.5, 0.6) is 0 Å². The molecule has 0 aliphatic heterocycles. The number of sulfone groups is 1. The molecule has 3 rings (SSSR count). The first-order chi connectivity index (χ1) is 9.57. The zero-order valence-corrected chi connectivity index (χ0v) is 12.5. The van der Waals surface area contributed by atoms with Gasteiger partial charge >= 0.3 is 0 Å². The number of thiophene rings is 1. The Labute approximate surface area is 121 Å². The quantitative estimate of drug-likeness (QED) is 0.798. The minimum atomic E-state index is -3.43. The monoisotopic (exact) mass is 303 g/mol. The maximum absolute atomic E-state index is 12.4. The summed E-state index contributed by atoms with van der Waals surface area (Å²) in [6.07, 6.45) is 1.61. The van der Waals surface area contributed by atoms with Crippen molar-refractivity contribution in [2.45, 2.75) is 16.2 Å². The van der Waals surface area contributed by atoms with E-state index in [2.05, 4.69) is 4.98 Å². The van der Waals surface area contributed by atoms with Crippen LogP contribution in [-0.2, 0) is 9.84 Å². The number of H-pyrrole nitrogens is 1. The average molecular weight is 303 g/mol. The normalized spacial score (nSPS) is 11.7. The maximum atomic E-state index is 12.4. The molecule has 0 aliphatic carbocycles. The molecule has 3 aromatic rings. The summed E-state index contributed by atoms with van der Waals surface area (Å²) < 4.78 is 25.1. The second kappa shape index (κ2) is 4.92. The Morgan fingerprint density at radius 3 is 2.40 bits per heavy atom. The minimum absolute atomic E-state index is 0.231. The van der Waals surface area contributed by atoms with Crippen LogP contribution in [0.3, 0.4) is 0 Å². The highest BCUT2D eigenvalue weighted by atomic mass is 32.2. The van der Waals surface area contributed by atoms with E-state index in [0.717, 1.165) is 10.4 Å². The molecule has 1 N–H and O–H groups in total. The Balaban J connectivity index is 2.01. The second-order valence-electron chi connectivity index (χ2n) is 4.52. The van der Waals surface area contributed by atoms with Crippen LogP contribution in [-0.4, -0.2) is 13.4 Å². The van der Waals surface area contributed by atoms with Crippen molar-refractivity contribution in [3.8, 4) is 10.4 Å². The summed E-state index contributed by atoms with van der Waals surface area (Å²) in [5.74, 6) is 0. The molecule has 0 unspecified atom stereocenters. The van der Waals surface area contributed by atoms with Crippen molar-refractivity contribution in [3.05, 3.63) is 60.3 Å². The van der Waals surface area contributed by atoms with Crippen LogP contribution >= 0.6 is 11.3 Å². The Morgan fingerprint density at radius 2 is 1.75 bits per heavy atom. The van der Waals surface area contributed by atoms with E-state index in [-0.39, 0.29) is 5.03 Å². The van der Waals surface area contributed by atoms with Gasteiger partial charge in [-0.25, -0.2) is 8.42 Å². The van der Waals surface area contributed by atoms with E-state index in [1.165, 1.54) is 16.9 Å². The Hall–Kier alpha value is -1.85. The van der Waals surface area contributed by atoms with Gasteiger partial charge in [-0.3, -0.25) is 0 Å². The van der Waals surface area contributed by atoms with Gasteiger partial charge in [0.1, 0.15) is 9.24 Å². The van der Waals surface area contributed by atoms with Crippen molar-refractivity contribution in [2.24, 2.45) is 0 Å². The summed E-state index contributed by atoms with van der Waals surface area (Å²) in [6.45, 7) is 2.03. The SMILES string of the molecule is Cc1ccc(-c2ccc(S(=O)(=O)c3ccc[nH]3)s2)cc1. The number of hydrogen-bond donors (Lipinski definition) is 1. The summed E-state index contributed by atoms with van der Waals surface area (Å²) in [6, 6.07) is 14.8. The molecule has 102 valence electrons. The number of aromatic nitrogens is 1. The van der Waals surface area contributed by atoms with Gasteiger partial charge < -0.3 is 4.98 Å². The third kappa shape index (κ3) is 2.30. The van der Waals surface area contributed by atoms with Gasteiger partial charge in [0.25, 0.3) is 0 Å². The molecule has 2 heterocycles.